The Morgan fingerprint density at radius 1 is 1.14 bits per heavy atom. The Bertz CT molecular complexity index is 721. The molecule has 2 fully saturated rings. The Kier molecular flexibility index (Phi) is 6.53. The van der Waals surface area contributed by atoms with Gasteiger partial charge in [0.2, 0.25) is 6.29 Å². The summed E-state index contributed by atoms with van der Waals surface area (Å²) in [5, 5.41) is 9.18. The van der Waals surface area contributed by atoms with E-state index in [1.54, 1.807) is 0 Å². The van der Waals surface area contributed by atoms with Crippen molar-refractivity contribution in [3.63, 3.8) is 0 Å². The number of nitrogens with zero attached hydrogens (tertiary/aromatic N) is 2. The van der Waals surface area contributed by atoms with Gasteiger partial charge in [-0.25, -0.2) is 0 Å². The van der Waals surface area contributed by atoms with E-state index in [2.05, 4.69) is 18.0 Å². The lowest BCUT2D eigenvalue weighted by Gasteiger charge is -2.39. The number of piperazine rings is 1. The highest BCUT2D eigenvalue weighted by atomic mass is 16.7. The second kappa shape index (κ2) is 9.28. The van der Waals surface area contributed by atoms with Gasteiger partial charge in [0.15, 0.2) is 5.76 Å². The molecule has 1 aromatic carbocycles. The van der Waals surface area contributed by atoms with Crippen LogP contribution in [0.3, 0.4) is 0 Å². The van der Waals surface area contributed by atoms with E-state index in [-0.39, 0.29) is 12.5 Å². The molecule has 1 saturated carbocycles. The van der Waals surface area contributed by atoms with Gasteiger partial charge >= 0.3 is 0 Å². The molecule has 2 heterocycles. The molecule has 6 nitrogen and oxygen atoms in total. The second-order valence-electron chi connectivity index (χ2n) is 8.55. The molecule has 3 aliphatic rings. The summed E-state index contributed by atoms with van der Waals surface area (Å²) in [6, 6.07) is 7.73. The van der Waals surface area contributed by atoms with Gasteiger partial charge in [-0.2, -0.15) is 0 Å². The van der Waals surface area contributed by atoms with Gasteiger partial charge in [0.1, 0.15) is 0 Å². The first-order valence-electron chi connectivity index (χ1n) is 10.8. The lowest BCUT2D eigenvalue weighted by Crippen LogP contribution is -2.48. The van der Waals surface area contributed by atoms with E-state index in [9.17, 15) is 9.90 Å². The highest BCUT2D eigenvalue weighted by Crippen LogP contribution is 2.40. The van der Waals surface area contributed by atoms with Gasteiger partial charge in [-0.3, -0.25) is 4.79 Å². The van der Waals surface area contributed by atoms with Gasteiger partial charge < -0.3 is 24.4 Å². The number of allylic oxidation sites excluding steroid dienone is 1. The minimum absolute atomic E-state index is 0.00280. The Balaban J connectivity index is 1.40. The molecule has 0 unspecified atom stereocenters. The zero-order valence-electron chi connectivity index (χ0n) is 17.3. The highest BCUT2D eigenvalue weighted by Gasteiger charge is 2.36. The van der Waals surface area contributed by atoms with Crippen molar-refractivity contribution in [1.29, 1.82) is 0 Å². The molecule has 0 bridgehead atoms. The van der Waals surface area contributed by atoms with Crippen molar-refractivity contribution in [2.24, 2.45) is 11.8 Å². The summed E-state index contributed by atoms with van der Waals surface area (Å²) in [7, 11) is 2.09. The maximum Gasteiger partial charge on any atom is 0.288 e. The van der Waals surface area contributed by atoms with E-state index in [1.165, 1.54) is 19.3 Å². The van der Waals surface area contributed by atoms with Crippen molar-refractivity contribution in [2.75, 3.05) is 33.2 Å². The van der Waals surface area contributed by atoms with Crippen LogP contribution in [0.4, 0.5) is 0 Å². The molecule has 2 atom stereocenters. The smallest absolute Gasteiger partial charge is 0.288 e. The Labute approximate surface area is 173 Å². The van der Waals surface area contributed by atoms with Gasteiger partial charge in [-0.15, -0.1) is 0 Å². The molecule has 1 saturated heterocycles. The fraction of sp³-hybridized carbons (Fsp3) is 0.609. The van der Waals surface area contributed by atoms with Gasteiger partial charge in [0.05, 0.1) is 13.2 Å². The van der Waals surface area contributed by atoms with E-state index in [4.69, 9.17) is 9.47 Å². The first-order chi connectivity index (χ1) is 14.1. The third-order valence-electron chi connectivity index (χ3n) is 6.49. The number of aliphatic hydroxyl groups is 1. The second-order valence-corrected chi connectivity index (χ2v) is 8.55. The average molecular weight is 401 g/mol. The Morgan fingerprint density at radius 3 is 2.45 bits per heavy atom. The summed E-state index contributed by atoms with van der Waals surface area (Å²) >= 11 is 0. The number of aliphatic hydroxyl groups excluding tert-OH is 1. The number of ether oxygens (including phenoxy) is 2. The number of rotatable bonds is 6. The van der Waals surface area contributed by atoms with E-state index in [0.717, 1.165) is 43.7 Å². The zero-order chi connectivity index (χ0) is 20.2. The van der Waals surface area contributed by atoms with Crippen molar-refractivity contribution >= 4 is 5.91 Å². The zero-order valence-corrected chi connectivity index (χ0v) is 17.3. The van der Waals surface area contributed by atoms with Crippen LogP contribution in [0.25, 0.3) is 0 Å². The molecular weight excluding hydrogens is 368 g/mol. The Hall–Kier alpha value is -1.89. The summed E-state index contributed by atoms with van der Waals surface area (Å²) in [5.41, 5.74) is 1.92. The van der Waals surface area contributed by atoms with Gasteiger partial charge in [-0.05, 0) is 48.9 Å². The molecule has 1 N–H and O–H groups in total. The average Bonchev–Trinajstić information content (AvgIpc) is 2.71. The number of carbonyl (C=O) groups is 1. The van der Waals surface area contributed by atoms with Crippen LogP contribution in [0.5, 0.6) is 0 Å². The molecule has 29 heavy (non-hydrogen) atoms. The quantitative estimate of drug-likeness (QED) is 0.795. The highest BCUT2D eigenvalue weighted by molar-refractivity contribution is 5.91. The SMILES string of the molecule is CN1CCN(C(=O)C2=C[C@@H](C3CCC3)C[C@@H](OCc3ccc(CO)cc3)O2)CC1. The lowest BCUT2D eigenvalue weighted by molar-refractivity contribution is -0.162. The molecule has 0 aromatic heterocycles. The monoisotopic (exact) mass is 400 g/mol. The fourth-order valence-corrected chi connectivity index (χ4v) is 4.23. The third kappa shape index (κ3) is 5.00. The predicted octanol–water partition coefficient (Wildman–Crippen LogP) is 2.52. The van der Waals surface area contributed by atoms with Crippen LogP contribution in [0.2, 0.25) is 0 Å². The molecule has 6 heteroatoms. The van der Waals surface area contributed by atoms with E-state index < -0.39 is 6.29 Å². The molecular formula is C23H32N2O4. The summed E-state index contributed by atoms with van der Waals surface area (Å²) in [6.45, 7) is 3.76. The first kappa shape index (κ1) is 20.4. The summed E-state index contributed by atoms with van der Waals surface area (Å²) in [5.74, 6) is 1.47. The summed E-state index contributed by atoms with van der Waals surface area (Å²) < 4.78 is 12.1. The predicted molar refractivity (Wildman–Crippen MR) is 110 cm³/mol. The number of likely N-dealkylation sites (N-methyl/N-ethyl adjacent to an activating group) is 1. The lowest BCUT2D eigenvalue weighted by atomic mass is 9.73. The van der Waals surface area contributed by atoms with Crippen LogP contribution in [0, 0.1) is 11.8 Å². The van der Waals surface area contributed by atoms with Crippen LogP contribution in [0.1, 0.15) is 36.8 Å². The van der Waals surface area contributed by atoms with Gasteiger partial charge in [0.25, 0.3) is 5.91 Å². The van der Waals surface area contributed by atoms with Crippen LogP contribution >= 0.6 is 0 Å². The number of hydrogen-bond acceptors (Lipinski definition) is 5. The summed E-state index contributed by atoms with van der Waals surface area (Å²) in [4.78, 5) is 17.2. The molecule has 1 aromatic rings. The molecule has 4 rings (SSSR count). The Morgan fingerprint density at radius 2 is 1.83 bits per heavy atom. The maximum absolute atomic E-state index is 13.1. The molecule has 2 aliphatic heterocycles. The van der Waals surface area contributed by atoms with E-state index in [1.807, 2.05) is 29.2 Å². The van der Waals surface area contributed by atoms with Crippen LogP contribution in [-0.2, 0) is 27.5 Å². The van der Waals surface area contributed by atoms with Crippen LogP contribution in [0.15, 0.2) is 36.1 Å². The van der Waals surface area contributed by atoms with Gasteiger partial charge in [0, 0.05) is 32.6 Å². The summed E-state index contributed by atoms with van der Waals surface area (Å²) in [6.07, 6.45) is 6.22. The topological polar surface area (TPSA) is 62.2 Å². The number of benzene rings is 1. The normalized spacial score (nSPS) is 25.9. The molecule has 0 spiro atoms. The minimum atomic E-state index is -0.394. The van der Waals surface area contributed by atoms with Crippen molar-refractivity contribution < 1.29 is 19.4 Å². The van der Waals surface area contributed by atoms with Crippen molar-refractivity contribution in [2.45, 2.75) is 45.2 Å². The van der Waals surface area contributed by atoms with E-state index in [0.29, 0.717) is 24.2 Å². The number of hydrogen-bond donors (Lipinski definition) is 1. The molecule has 158 valence electrons. The number of amides is 1. The van der Waals surface area contributed by atoms with Crippen LogP contribution < -0.4 is 0 Å². The molecule has 0 radical (unpaired) electrons. The van der Waals surface area contributed by atoms with Gasteiger partial charge in [-0.1, -0.05) is 30.7 Å². The number of carbonyl (C=O) groups excluding carboxylic acids is 1. The largest absolute Gasteiger partial charge is 0.459 e. The van der Waals surface area contributed by atoms with Crippen molar-refractivity contribution in [1.82, 2.24) is 9.80 Å². The van der Waals surface area contributed by atoms with Crippen LogP contribution in [-0.4, -0.2) is 60.3 Å². The molecule has 1 amide bonds. The minimum Gasteiger partial charge on any atom is -0.459 e. The maximum atomic E-state index is 13.1. The van der Waals surface area contributed by atoms with Crippen molar-refractivity contribution in [3.8, 4) is 0 Å². The third-order valence-corrected chi connectivity index (χ3v) is 6.49. The molecule has 1 aliphatic carbocycles. The van der Waals surface area contributed by atoms with Crippen molar-refractivity contribution in [3.05, 3.63) is 47.2 Å². The standard InChI is InChI=1S/C23H32N2O4/c1-24-9-11-25(12-10-24)23(27)21-13-20(19-3-2-4-19)14-22(29-21)28-16-18-7-5-17(15-26)6-8-18/h5-8,13,19-20,22,26H,2-4,9-12,14-16H2,1H3/t20-,22+/m1/s1. The van der Waals surface area contributed by atoms with E-state index >= 15 is 0 Å². The fourth-order valence-electron chi connectivity index (χ4n) is 4.23. The first-order valence-corrected chi connectivity index (χ1v) is 10.8.